The van der Waals surface area contributed by atoms with Gasteiger partial charge in [-0.25, -0.2) is 0 Å². The molecule has 1 amide bonds. The zero-order valence-electron chi connectivity index (χ0n) is 11.7. The molecule has 2 atom stereocenters. The molecule has 1 spiro atoms. The maximum Gasteiger partial charge on any atom is 0.311 e. The molecular formula is C17H17NO3. The number of benzene rings is 1. The number of carbonyl (C=O) groups excluding carboxylic acids is 1. The Kier molecular flexibility index (Phi) is 2.86. The summed E-state index contributed by atoms with van der Waals surface area (Å²) in [6.07, 6.45) is 7.54. The van der Waals surface area contributed by atoms with Crippen molar-refractivity contribution in [2.45, 2.75) is 24.7 Å². The number of nitrogens with zero attached hydrogens (tertiary/aromatic N) is 1. The Balaban J connectivity index is 1.57. The maximum absolute atomic E-state index is 12.6. The summed E-state index contributed by atoms with van der Waals surface area (Å²) in [5, 5.41) is 0. The van der Waals surface area contributed by atoms with Crippen LogP contribution in [0.1, 0.15) is 18.4 Å². The number of carbonyl (C=O) groups is 1. The van der Waals surface area contributed by atoms with Gasteiger partial charge in [-0.2, -0.15) is 0 Å². The molecule has 3 heterocycles. The molecule has 2 saturated heterocycles. The fourth-order valence-electron chi connectivity index (χ4n) is 3.18. The van der Waals surface area contributed by atoms with Gasteiger partial charge in [-0.3, -0.25) is 4.79 Å². The van der Waals surface area contributed by atoms with Crippen LogP contribution in [0.3, 0.4) is 0 Å². The van der Waals surface area contributed by atoms with Crippen molar-refractivity contribution in [3.05, 3.63) is 53.8 Å². The van der Waals surface area contributed by atoms with Gasteiger partial charge in [-0.15, -0.1) is 0 Å². The highest BCUT2D eigenvalue weighted by Gasteiger charge is 2.52. The lowest BCUT2D eigenvalue weighted by molar-refractivity contribution is -0.219. The van der Waals surface area contributed by atoms with Gasteiger partial charge in [0.2, 0.25) is 0 Å². The lowest BCUT2D eigenvalue weighted by atomic mass is 10.1. The molecule has 1 aromatic carbocycles. The fourth-order valence-corrected chi connectivity index (χ4v) is 3.18. The van der Waals surface area contributed by atoms with E-state index in [-0.39, 0.29) is 11.9 Å². The Bertz CT molecular complexity index is 622. The summed E-state index contributed by atoms with van der Waals surface area (Å²) >= 11 is 0. The maximum atomic E-state index is 12.6. The van der Waals surface area contributed by atoms with Gasteiger partial charge in [-0.05, 0) is 30.6 Å². The van der Waals surface area contributed by atoms with Gasteiger partial charge in [0, 0.05) is 12.6 Å². The summed E-state index contributed by atoms with van der Waals surface area (Å²) in [7, 11) is 0. The van der Waals surface area contributed by atoms with E-state index in [0.29, 0.717) is 12.4 Å². The van der Waals surface area contributed by atoms with Gasteiger partial charge in [0.05, 0.1) is 12.6 Å². The predicted octanol–water partition coefficient (Wildman–Crippen LogP) is 2.33. The molecule has 21 heavy (non-hydrogen) atoms. The number of hydrogen-bond acceptors (Lipinski definition) is 3. The lowest BCUT2D eigenvalue weighted by Gasteiger charge is -2.39. The van der Waals surface area contributed by atoms with Crippen LogP contribution in [0.5, 0.6) is 0 Å². The van der Waals surface area contributed by atoms with Gasteiger partial charge in [0.1, 0.15) is 5.76 Å². The van der Waals surface area contributed by atoms with Crippen LogP contribution >= 0.6 is 0 Å². The summed E-state index contributed by atoms with van der Waals surface area (Å²) in [6.45, 7) is 1.36. The average molecular weight is 283 g/mol. The summed E-state index contributed by atoms with van der Waals surface area (Å²) in [5.74, 6) is -0.641. The monoisotopic (exact) mass is 283 g/mol. The smallest absolute Gasteiger partial charge is 0.311 e. The van der Waals surface area contributed by atoms with Crippen molar-refractivity contribution >= 4 is 12.0 Å². The number of allylic oxidation sites excluding steroid dienone is 1. The zero-order valence-corrected chi connectivity index (χ0v) is 11.7. The normalized spacial score (nSPS) is 32.8. The van der Waals surface area contributed by atoms with E-state index in [9.17, 15) is 4.79 Å². The fraction of sp³-hybridized carbons (Fsp3) is 0.353. The topological polar surface area (TPSA) is 38.8 Å². The average Bonchev–Trinajstić information content (AvgIpc) is 3.13. The zero-order chi connectivity index (χ0) is 14.3. The molecule has 0 aromatic heterocycles. The van der Waals surface area contributed by atoms with Crippen molar-refractivity contribution in [3.8, 4) is 0 Å². The van der Waals surface area contributed by atoms with Crippen LogP contribution in [0.4, 0.5) is 0 Å². The summed E-state index contributed by atoms with van der Waals surface area (Å²) in [5.41, 5.74) is 1.04. The van der Waals surface area contributed by atoms with E-state index in [2.05, 4.69) is 0 Å². The standard InChI is InChI=1S/C17H17NO3/c19-16-17(20-12-14-7-4-10-18(14)16)9-8-15(21-17)11-13-5-2-1-3-6-13/h1-3,5-6,8-9,11,14H,4,7,10,12H2/b15-11-/t14-,17-/m0/s1. The van der Waals surface area contributed by atoms with Crippen LogP contribution in [0, 0.1) is 0 Å². The molecule has 4 heteroatoms. The second-order valence-corrected chi connectivity index (χ2v) is 5.67. The summed E-state index contributed by atoms with van der Waals surface area (Å²) in [6, 6.07) is 10.1. The van der Waals surface area contributed by atoms with E-state index in [1.807, 2.05) is 47.4 Å². The number of amides is 1. The Hall–Kier alpha value is -2.07. The van der Waals surface area contributed by atoms with Crippen LogP contribution in [0.15, 0.2) is 48.2 Å². The van der Waals surface area contributed by atoms with Crippen molar-refractivity contribution in [1.29, 1.82) is 0 Å². The number of rotatable bonds is 1. The van der Waals surface area contributed by atoms with Crippen LogP contribution in [0.25, 0.3) is 6.08 Å². The molecule has 0 radical (unpaired) electrons. The molecule has 1 aromatic rings. The summed E-state index contributed by atoms with van der Waals surface area (Å²) in [4.78, 5) is 14.5. The van der Waals surface area contributed by atoms with Gasteiger partial charge in [0.25, 0.3) is 5.91 Å². The first-order chi connectivity index (χ1) is 10.3. The van der Waals surface area contributed by atoms with Crippen molar-refractivity contribution in [2.75, 3.05) is 13.2 Å². The highest BCUT2D eigenvalue weighted by Crippen LogP contribution is 2.36. The molecule has 0 N–H and O–H groups in total. The van der Waals surface area contributed by atoms with Crippen molar-refractivity contribution in [1.82, 2.24) is 4.90 Å². The van der Waals surface area contributed by atoms with E-state index in [4.69, 9.17) is 9.47 Å². The van der Waals surface area contributed by atoms with Crippen LogP contribution in [-0.2, 0) is 14.3 Å². The highest BCUT2D eigenvalue weighted by atomic mass is 16.7. The third kappa shape index (κ3) is 2.07. The van der Waals surface area contributed by atoms with Crippen molar-refractivity contribution in [3.63, 3.8) is 0 Å². The Labute approximate surface area is 123 Å². The number of morpholine rings is 1. The molecule has 108 valence electrons. The number of ether oxygens (including phenoxy) is 2. The second-order valence-electron chi connectivity index (χ2n) is 5.67. The van der Waals surface area contributed by atoms with Crippen LogP contribution < -0.4 is 0 Å². The quantitative estimate of drug-likeness (QED) is 0.794. The van der Waals surface area contributed by atoms with Gasteiger partial charge >= 0.3 is 5.79 Å². The van der Waals surface area contributed by atoms with Crippen molar-refractivity contribution < 1.29 is 14.3 Å². The van der Waals surface area contributed by atoms with E-state index < -0.39 is 5.79 Å². The van der Waals surface area contributed by atoms with Crippen LogP contribution in [-0.4, -0.2) is 35.8 Å². The molecule has 0 aliphatic carbocycles. The molecule has 0 bridgehead atoms. The molecule has 3 aliphatic heterocycles. The summed E-state index contributed by atoms with van der Waals surface area (Å²) < 4.78 is 11.6. The van der Waals surface area contributed by atoms with Gasteiger partial charge < -0.3 is 14.4 Å². The molecule has 0 unspecified atom stereocenters. The van der Waals surface area contributed by atoms with Gasteiger partial charge in [0.15, 0.2) is 0 Å². The lowest BCUT2D eigenvalue weighted by Crippen LogP contribution is -2.58. The minimum atomic E-state index is -1.23. The highest BCUT2D eigenvalue weighted by molar-refractivity contribution is 5.88. The van der Waals surface area contributed by atoms with Crippen LogP contribution in [0.2, 0.25) is 0 Å². The van der Waals surface area contributed by atoms with Crippen molar-refractivity contribution in [2.24, 2.45) is 0 Å². The Morgan fingerprint density at radius 3 is 3.00 bits per heavy atom. The SMILES string of the molecule is O=C1N2CCC[C@H]2CO[C@]12C=C/C(=C/c1ccccc1)O2. The molecule has 0 saturated carbocycles. The third-order valence-corrected chi connectivity index (χ3v) is 4.27. The molecular weight excluding hydrogens is 266 g/mol. The minimum absolute atomic E-state index is 0.0658. The van der Waals surface area contributed by atoms with E-state index in [0.717, 1.165) is 24.9 Å². The number of fused-ring (bicyclic) bond motifs is 1. The molecule has 4 nitrogen and oxygen atoms in total. The van der Waals surface area contributed by atoms with Gasteiger partial charge in [-0.1, -0.05) is 30.3 Å². The van der Waals surface area contributed by atoms with E-state index in [1.165, 1.54) is 0 Å². The largest absolute Gasteiger partial charge is 0.450 e. The first kappa shape index (κ1) is 12.7. The molecule has 2 fully saturated rings. The molecule has 3 aliphatic rings. The second kappa shape index (κ2) is 4.74. The minimum Gasteiger partial charge on any atom is -0.450 e. The third-order valence-electron chi connectivity index (χ3n) is 4.27. The number of hydrogen-bond donors (Lipinski definition) is 0. The Morgan fingerprint density at radius 1 is 1.29 bits per heavy atom. The first-order valence-corrected chi connectivity index (χ1v) is 7.37. The molecule has 4 rings (SSSR count). The predicted molar refractivity (Wildman–Crippen MR) is 78.1 cm³/mol. The Morgan fingerprint density at radius 2 is 2.14 bits per heavy atom. The first-order valence-electron chi connectivity index (χ1n) is 7.37. The van der Waals surface area contributed by atoms with E-state index >= 15 is 0 Å². The van der Waals surface area contributed by atoms with E-state index in [1.54, 1.807) is 6.08 Å².